The fourth-order valence-corrected chi connectivity index (χ4v) is 2.47. The first-order valence-corrected chi connectivity index (χ1v) is 7.65. The summed E-state index contributed by atoms with van der Waals surface area (Å²) in [5.74, 6) is 5.22. The molecule has 1 aromatic heterocycles. The van der Waals surface area contributed by atoms with Gasteiger partial charge in [-0.05, 0) is 12.1 Å². The first-order valence-electron chi connectivity index (χ1n) is 6.49. The van der Waals surface area contributed by atoms with E-state index in [1.165, 1.54) is 0 Å². The van der Waals surface area contributed by atoms with Crippen LogP contribution < -0.4 is 10.1 Å². The molecule has 2 rings (SSSR count). The van der Waals surface area contributed by atoms with E-state index < -0.39 is 0 Å². The van der Waals surface area contributed by atoms with Crippen LogP contribution in [0, 0.1) is 12.3 Å². The molecule has 104 valence electrons. The van der Waals surface area contributed by atoms with Gasteiger partial charge in [0.2, 0.25) is 0 Å². The summed E-state index contributed by atoms with van der Waals surface area (Å²) in [4.78, 5) is 4.65. The Labute approximate surface area is 124 Å². The van der Waals surface area contributed by atoms with Crippen molar-refractivity contribution >= 4 is 22.7 Å². The summed E-state index contributed by atoms with van der Waals surface area (Å²) in [6.45, 7) is 1.68. The molecule has 2 aromatic rings. The third kappa shape index (κ3) is 3.89. The molecule has 0 unspecified atom stereocenters. The van der Waals surface area contributed by atoms with Gasteiger partial charge in [-0.25, -0.2) is 4.98 Å². The summed E-state index contributed by atoms with van der Waals surface area (Å²) < 4.78 is 5.35. The minimum absolute atomic E-state index is 0.755. The van der Waals surface area contributed by atoms with Gasteiger partial charge in [-0.15, -0.1) is 18.2 Å². The van der Waals surface area contributed by atoms with Crippen molar-refractivity contribution in [2.45, 2.75) is 6.54 Å². The van der Waals surface area contributed by atoms with Crippen molar-refractivity contribution < 1.29 is 4.74 Å². The van der Waals surface area contributed by atoms with Gasteiger partial charge in [0, 0.05) is 24.2 Å². The van der Waals surface area contributed by atoms with E-state index in [-0.39, 0.29) is 0 Å². The van der Waals surface area contributed by atoms with E-state index in [1.807, 2.05) is 24.3 Å². The summed E-state index contributed by atoms with van der Waals surface area (Å²) in [5, 5.41) is 4.47. The van der Waals surface area contributed by atoms with Crippen LogP contribution in [0.3, 0.4) is 0 Å². The second kappa shape index (κ2) is 7.78. The first-order chi connectivity index (χ1) is 9.85. The Hall–Kier alpha value is -1.70. The number of nitrogens with one attached hydrogen (secondary N) is 1. The van der Waals surface area contributed by atoms with Crippen LogP contribution in [0.1, 0.15) is 5.69 Å². The Morgan fingerprint density at radius 1 is 1.35 bits per heavy atom. The van der Waals surface area contributed by atoms with Crippen LogP contribution in [0.2, 0.25) is 0 Å². The average molecular weight is 286 g/mol. The van der Waals surface area contributed by atoms with Crippen LogP contribution >= 0.6 is 11.8 Å². The molecule has 0 saturated carbocycles. The second-order valence-corrected chi connectivity index (χ2v) is 5.37. The molecule has 20 heavy (non-hydrogen) atoms. The standard InChI is InChI=1S/C16H18N2OS/c1-3-10-20-11-9-17-12-14-8-7-13-5-4-6-15(19-2)16(13)18-14/h1,4-8,17H,9-12H2,2H3. The van der Waals surface area contributed by atoms with E-state index in [9.17, 15) is 0 Å². The molecule has 0 saturated heterocycles. The van der Waals surface area contributed by atoms with E-state index in [4.69, 9.17) is 11.2 Å². The highest BCUT2D eigenvalue weighted by Crippen LogP contribution is 2.23. The van der Waals surface area contributed by atoms with Gasteiger partial charge in [0.05, 0.1) is 18.6 Å². The van der Waals surface area contributed by atoms with Crippen molar-refractivity contribution in [3.63, 3.8) is 0 Å². The molecule has 3 nitrogen and oxygen atoms in total. The molecule has 0 atom stereocenters. The van der Waals surface area contributed by atoms with Crippen molar-refractivity contribution in [3.05, 3.63) is 36.0 Å². The van der Waals surface area contributed by atoms with Gasteiger partial charge in [0.15, 0.2) is 0 Å². The number of pyridine rings is 1. The lowest BCUT2D eigenvalue weighted by Gasteiger charge is -2.07. The number of thioether (sulfide) groups is 1. The smallest absolute Gasteiger partial charge is 0.145 e. The quantitative estimate of drug-likeness (QED) is 0.627. The van der Waals surface area contributed by atoms with Crippen LogP contribution in [-0.4, -0.2) is 30.1 Å². The topological polar surface area (TPSA) is 34.1 Å². The van der Waals surface area contributed by atoms with Gasteiger partial charge in [-0.2, -0.15) is 0 Å². The Morgan fingerprint density at radius 2 is 2.25 bits per heavy atom. The number of nitrogens with zero attached hydrogens (tertiary/aromatic N) is 1. The second-order valence-electron chi connectivity index (χ2n) is 4.27. The molecule has 1 heterocycles. The minimum Gasteiger partial charge on any atom is -0.494 e. The first kappa shape index (κ1) is 14.7. The number of ether oxygens (including phenoxy) is 1. The minimum atomic E-state index is 0.755. The highest BCUT2D eigenvalue weighted by atomic mass is 32.2. The number of rotatable bonds is 7. The molecule has 1 N–H and O–H groups in total. The normalized spacial score (nSPS) is 10.4. The summed E-state index contributed by atoms with van der Waals surface area (Å²) in [7, 11) is 1.67. The van der Waals surface area contributed by atoms with Crippen molar-refractivity contribution in [2.24, 2.45) is 0 Å². The zero-order chi connectivity index (χ0) is 14.2. The van der Waals surface area contributed by atoms with Crippen LogP contribution in [0.5, 0.6) is 5.75 Å². The van der Waals surface area contributed by atoms with Gasteiger partial charge in [-0.1, -0.05) is 24.1 Å². The molecule has 0 aliphatic carbocycles. The van der Waals surface area contributed by atoms with Gasteiger partial charge in [-0.3, -0.25) is 0 Å². The fourth-order valence-electron chi connectivity index (χ4n) is 1.92. The largest absolute Gasteiger partial charge is 0.494 e. The molecule has 0 fully saturated rings. The number of hydrogen-bond acceptors (Lipinski definition) is 4. The highest BCUT2D eigenvalue weighted by molar-refractivity contribution is 7.99. The molecule has 0 aliphatic heterocycles. The van der Waals surface area contributed by atoms with E-state index in [1.54, 1.807) is 18.9 Å². The number of methoxy groups -OCH3 is 1. The summed E-state index contributed by atoms with van der Waals surface area (Å²) in [6.07, 6.45) is 5.20. The van der Waals surface area contributed by atoms with Gasteiger partial charge < -0.3 is 10.1 Å². The van der Waals surface area contributed by atoms with Crippen LogP contribution in [0.4, 0.5) is 0 Å². The predicted molar refractivity (Wildman–Crippen MR) is 86.2 cm³/mol. The van der Waals surface area contributed by atoms with Gasteiger partial charge in [0.25, 0.3) is 0 Å². The molecule has 4 heteroatoms. The number of hydrogen-bond donors (Lipinski definition) is 1. The van der Waals surface area contributed by atoms with E-state index in [2.05, 4.69) is 22.3 Å². The Kier molecular flexibility index (Phi) is 5.72. The van der Waals surface area contributed by atoms with Crippen molar-refractivity contribution in [1.82, 2.24) is 10.3 Å². The number of para-hydroxylation sites is 1. The van der Waals surface area contributed by atoms with Gasteiger partial charge >= 0.3 is 0 Å². The van der Waals surface area contributed by atoms with Crippen LogP contribution in [-0.2, 0) is 6.54 Å². The summed E-state index contributed by atoms with van der Waals surface area (Å²) >= 11 is 1.76. The van der Waals surface area contributed by atoms with Crippen molar-refractivity contribution in [2.75, 3.05) is 25.2 Å². The van der Waals surface area contributed by atoms with Crippen molar-refractivity contribution in [3.8, 4) is 18.1 Å². The number of terminal acetylenes is 1. The highest BCUT2D eigenvalue weighted by Gasteiger charge is 2.03. The molecule has 0 spiro atoms. The molecule has 0 radical (unpaired) electrons. The lowest BCUT2D eigenvalue weighted by atomic mass is 10.2. The molecular weight excluding hydrogens is 268 g/mol. The van der Waals surface area contributed by atoms with E-state index in [0.717, 1.165) is 46.9 Å². The van der Waals surface area contributed by atoms with E-state index in [0.29, 0.717) is 0 Å². The zero-order valence-electron chi connectivity index (χ0n) is 11.6. The predicted octanol–water partition coefficient (Wildman–Crippen LogP) is 2.70. The van der Waals surface area contributed by atoms with Crippen LogP contribution in [0.15, 0.2) is 30.3 Å². The SMILES string of the molecule is C#CCSCCNCc1ccc2cccc(OC)c2n1. The molecule has 0 bridgehead atoms. The maximum Gasteiger partial charge on any atom is 0.145 e. The van der Waals surface area contributed by atoms with E-state index >= 15 is 0 Å². The monoisotopic (exact) mass is 286 g/mol. The maximum atomic E-state index is 5.35. The van der Waals surface area contributed by atoms with Gasteiger partial charge in [0.1, 0.15) is 11.3 Å². The third-order valence-corrected chi connectivity index (χ3v) is 3.74. The number of fused-ring (bicyclic) bond motifs is 1. The van der Waals surface area contributed by atoms with Crippen LogP contribution in [0.25, 0.3) is 10.9 Å². The Morgan fingerprint density at radius 3 is 3.05 bits per heavy atom. The molecule has 1 aromatic carbocycles. The Bertz CT molecular complexity index is 607. The average Bonchev–Trinajstić information content (AvgIpc) is 2.50. The fraction of sp³-hybridized carbons (Fsp3) is 0.312. The molecule has 0 aliphatic rings. The molecule has 0 amide bonds. The van der Waals surface area contributed by atoms with Crippen molar-refractivity contribution in [1.29, 1.82) is 0 Å². The third-order valence-electron chi connectivity index (χ3n) is 2.88. The molecular formula is C16H18N2OS. The maximum absolute atomic E-state index is 5.35. The zero-order valence-corrected chi connectivity index (χ0v) is 12.4. The summed E-state index contributed by atoms with van der Waals surface area (Å²) in [6, 6.07) is 10.1. The number of benzene rings is 1. The lowest BCUT2D eigenvalue weighted by molar-refractivity contribution is 0.419. The summed E-state index contributed by atoms with van der Waals surface area (Å²) in [5.41, 5.74) is 1.93. The lowest BCUT2D eigenvalue weighted by Crippen LogP contribution is -2.17. The Balaban J connectivity index is 1.96. The number of aromatic nitrogens is 1.